The van der Waals surface area contributed by atoms with Crippen molar-refractivity contribution in [2.45, 2.75) is 34.1 Å². The molecule has 0 spiro atoms. The minimum Gasteiger partial charge on any atom is -0.472 e. The van der Waals surface area contributed by atoms with Crippen LogP contribution in [0, 0.1) is 0 Å². The predicted octanol–water partition coefficient (Wildman–Crippen LogP) is 2.79. The summed E-state index contributed by atoms with van der Waals surface area (Å²) in [4.78, 5) is 0. The third-order valence-corrected chi connectivity index (χ3v) is 1.43. The molecule has 0 aromatic rings. The van der Waals surface area contributed by atoms with Crippen LogP contribution in [-0.4, -0.2) is 6.73 Å². The van der Waals surface area contributed by atoms with Gasteiger partial charge >= 0.3 is 0 Å². The molecule has 0 aliphatic carbocycles. The molecule has 0 atom stereocenters. The zero-order chi connectivity index (χ0) is 9.40. The molecule has 0 amide bonds. The first-order valence-electron chi connectivity index (χ1n) is 4.62. The number of allylic oxidation sites excluding steroid dienone is 2. The van der Waals surface area contributed by atoms with Gasteiger partial charge in [0.15, 0.2) is 6.73 Å². The van der Waals surface area contributed by atoms with Gasteiger partial charge in [-0.25, -0.2) is 0 Å². The highest BCUT2D eigenvalue weighted by atomic mass is 16.5. The Kier molecular flexibility index (Phi) is 6.25. The first kappa shape index (κ1) is 11.1. The molecule has 2 nitrogen and oxygen atoms in total. The van der Waals surface area contributed by atoms with E-state index < -0.39 is 0 Å². The summed E-state index contributed by atoms with van der Waals surface area (Å²) in [7, 11) is 0. The van der Waals surface area contributed by atoms with Gasteiger partial charge in [-0.05, 0) is 19.4 Å². The van der Waals surface area contributed by atoms with Crippen molar-refractivity contribution in [3.05, 3.63) is 23.6 Å². The number of rotatable bonds is 1. The van der Waals surface area contributed by atoms with Crippen LogP contribution in [0.2, 0.25) is 0 Å². The minimum atomic E-state index is 0.617. The van der Waals surface area contributed by atoms with Crippen LogP contribution in [0.25, 0.3) is 0 Å². The van der Waals surface area contributed by atoms with Gasteiger partial charge in [0.25, 0.3) is 0 Å². The summed E-state index contributed by atoms with van der Waals surface area (Å²) >= 11 is 0. The molecule has 0 aromatic carbocycles. The lowest BCUT2D eigenvalue weighted by atomic mass is 10.3. The zero-order valence-electron chi connectivity index (χ0n) is 8.48. The second-order valence-electron chi connectivity index (χ2n) is 2.14. The Morgan fingerprint density at radius 2 is 2.17 bits per heavy atom. The summed E-state index contributed by atoms with van der Waals surface area (Å²) in [6.07, 6.45) is 5.12. The molecule has 1 aliphatic heterocycles. The standard InChI is InChI=1S/C8H13NO.C2H6/c1-3-5-8-7(4-2)9-6-10-8;1-2/h4-5,9H,3,6H2,1-2H3;1-2H3/b7-4+,8-5+;. The van der Waals surface area contributed by atoms with Crippen LogP contribution in [0.3, 0.4) is 0 Å². The summed E-state index contributed by atoms with van der Waals surface area (Å²) in [5.41, 5.74) is 1.11. The van der Waals surface area contributed by atoms with E-state index in [4.69, 9.17) is 4.74 Å². The first-order chi connectivity index (χ1) is 5.88. The molecule has 1 aliphatic rings. The molecule has 70 valence electrons. The van der Waals surface area contributed by atoms with Gasteiger partial charge in [0.05, 0.1) is 5.70 Å². The van der Waals surface area contributed by atoms with Crippen LogP contribution in [-0.2, 0) is 4.74 Å². The molecule has 0 saturated carbocycles. The molecule has 0 radical (unpaired) electrons. The third-order valence-electron chi connectivity index (χ3n) is 1.43. The third kappa shape index (κ3) is 2.99. The van der Waals surface area contributed by atoms with Crippen LogP contribution in [0.5, 0.6) is 0 Å². The van der Waals surface area contributed by atoms with E-state index in [9.17, 15) is 0 Å². The van der Waals surface area contributed by atoms with Gasteiger partial charge in [-0.1, -0.05) is 26.8 Å². The summed E-state index contributed by atoms with van der Waals surface area (Å²) in [5, 5.41) is 3.11. The molecule has 0 aromatic heterocycles. The number of hydrogen-bond acceptors (Lipinski definition) is 2. The van der Waals surface area contributed by atoms with E-state index in [-0.39, 0.29) is 0 Å². The van der Waals surface area contributed by atoms with E-state index in [1.165, 1.54) is 0 Å². The van der Waals surface area contributed by atoms with Crippen molar-refractivity contribution in [3.63, 3.8) is 0 Å². The lowest BCUT2D eigenvalue weighted by Gasteiger charge is -1.95. The summed E-state index contributed by atoms with van der Waals surface area (Å²) in [5.74, 6) is 0.991. The van der Waals surface area contributed by atoms with Crippen LogP contribution >= 0.6 is 0 Å². The van der Waals surface area contributed by atoms with Crippen molar-refractivity contribution in [1.29, 1.82) is 0 Å². The average molecular weight is 169 g/mol. The molecule has 0 bridgehead atoms. The average Bonchev–Trinajstić information content (AvgIpc) is 2.56. The maximum absolute atomic E-state index is 5.28. The van der Waals surface area contributed by atoms with Crippen molar-refractivity contribution in [3.8, 4) is 0 Å². The Hall–Kier alpha value is -0.920. The molecule has 2 heteroatoms. The van der Waals surface area contributed by atoms with Crippen molar-refractivity contribution < 1.29 is 4.74 Å². The molecule has 1 heterocycles. The quantitative estimate of drug-likeness (QED) is 0.651. The van der Waals surface area contributed by atoms with Gasteiger partial charge in [-0.3, -0.25) is 0 Å². The van der Waals surface area contributed by atoms with Gasteiger partial charge in [0, 0.05) is 0 Å². The zero-order valence-corrected chi connectivity index (χ0v) is 8.48. The first-order valence-corrected chi connectivity index (χ1v) is 4.62. The Labute approximate surface area is 75.3 Å². The lowest BCUT2D eigenvalue weighted by molar-refractivity contribution is 0.253. The van der Waals surface area contributed by atoms with Gasteiger partial charge in [-0.2, -0.15) is 0 Å². The minimum absolute atomic E-state index is 0.617. The molecular formula is C10H19NO. The maximum atomic E-state index is 5.28. The van der Waals surface area contributed by atoms with Crippen LogP contribution in [0.1, 0.15) is 34.1 Å². The molecule has 0 unspecified atom stereocenters. The maximum Gasteiger partial charge on any atom is 0.159 e. The van der Waals surface area contributed by atoms with E-state index in [1.807, 2.05) is 26.8 Å². The topological polar surface area (TPSA) is 21.3 Å². The van der Waals surface area contributed by atoms with Crippen LogP contribution in [0.15, 0.2) is 23.6 Å². The van der Waals surface area contributed by atoms with Crippen molar-refractivity contribution in [1.82, 2.24) is 5.32 Å². The fourth-order valence-corrected chi connectivity index (χ4v) is 0.955. The Morgan fingerprint density at radius 3 is 2.67 bits per heavy atom. The number of hydrogen-bond donors (Lipinski definition) is 1. The summed E-state index contributed by atoms with van der Waals surface area (Å²) in [6, 6.07) is 0. The molecule has 1 rings (SSSR count). The highest BCUT2D eigenvalue weighted by Crippen LogP contribution is 2.14. The Balaban J connectivity index is 0.000000561. The molecule has 1 fully saturated rings. The second kappa shape index (κ2) is 6.77. The fourth-order valence-electron chi connectivity index (χ4n) is 0.955. The second-order valence-corrected chi connectivity index (χ2v) is 2.14. The van der Waals surface area contributed by atoms with Gasteiger partial charge in [-0.15, -0.1) is 0 Å². The predicted molar refractivity (Wildman–Crippen MR) is 52.6 cm³/mol. The molecule has 1 N–H and O–H groups in total. The van der Waals surface area contributed by atoms with Gasteiger partial charge < -0.3 is 10.1 Å². The van der Waals surface area contributed by atoms with Crippen molar-refractivity contribution in [2.24, 2.45) is 0 Å². The van der Waals surface area contributed by atoms with E-state index in [1.54, 1.807) is 0 Å². The van der Waals surface area contributed by atoms with E-state index in [0.717, 1.165) is 17.9 Å². The normalized spacial score (nSPS) is 21.3. The fraction of sp³-hybridized carbons (Fsp3) is 0.600. The SMILES string of the molecule is C/C=C1/NCO/C1=C/CC.CC. The largest absolute Gasteiger partial charge is 0.472 e. The highest BCUT2D eigenvalue weighted by Gasteiger charge is 2.10. The summed E-state index contributed by atoms with van der Waals surface area (Å²) < 4.78 is 5.28. The van der Waals surface area contributed by atoms with E-state index in [0.29, 0.717) is 6.73 Å². The van der Waals surface area contributed by atoms with Crippen LogP contribution < -0.4 is 5.32 Å². The van der Waals surface area contributed by atoms with E-state index >= 15 is 0 Å². The molecular weight excluding hydrogens is 150 g/mol. The smallest absolute Gasteiger partial charge is 0.159 e. The molecule has 12 heavy (non-hydrogen) atoms. The van der Waals surface area contributed by atoms with Crippen molar-refractivity contribution in [2.75, 3.05) is 6.73 Å². The van der Waals surface area contributed by atoms with Crippen LogP contribution in [0.4, 0.5) is 0 Å². The lowest BCUT2D eigenvalue weighted by Crippen LogP contribution is -2.03. The Morgan fingerprint density at radius 1 is 1.50 bits per heavy atom. The van der Waals surface area contributed by atoms with Gasteiger partial charge in [0.1, 0.15) is 5.76 Å². The monoisotopic (exact) mass is 169 g/mol. The Bertz CT molecular complexity index is 171. The highest BCUT2D eigenvalue weighted by molar-refractivity contribution is 5.25. The number of ether oxygens (including phenoxy) is 1. The molecule has 1 saturated heterocycles. The van der Waals surface area contributed by atoms with Gasteiger partial charge in [0.2, 0.25) is 0 Å². The summed E-state index contributed by atoms with van der Waals surface area (Å²) in [6.45, 7) is 8.72. The number of nitrogens with one attached hydrogen (secondary N) is 1. The van der Waals surface area contributed by atoms with Crippen molar-refractivity contribution >= 4 is 0 Å². The van der Waals surface area contributed by atoms with E-state index in [2.05, 4.69) is 18.3 Å².